The van der Waals surface area contributed by atoms with E-state index in [0.29, 0.717) is 23.1 Å². The smallest absolute Gasteiger partial charge is 0.315 e. The average molecular weight is 492 g/mol. The van der Waals surface area contributed by atoms with Gasteiger partial charge in [-0.2, -0.15) is 0 Å². The SMILES string of the molecule is CS(=O)(=O)NCCc1ccc(C(=O)CN2C(=O)NC(c3ccccc3)(c3ccccc3)C2=O)cc1. The molecule has 1 aliphatic rings. The van der Waals surface area contributed by atoms with Crippen LogP contribution in [-0.2, 0) is 26.8 Å². The molecule has 0 atom stereocenters. The number of urea groups is 1. The van der Waals surface area contributed by atoms with Crippen LogP contribution in [0.15, 0.2) is 84.9 Å². The number of nitrogens with zero attached hydrogens (tertiary/aromatic N) is 1. The maximum absolute atomic E-state index is 13.7. The number of hydrogen-bond acceptors (Lipinski definition) is 5. The van der Waals surface area contributed by atoms with E-state index in [1.54, 1.807) is 72.8 Å². The van der Waals surface area contributed by atoms with Crippen molar-refractivity contribution in [2.45, 2.75) is 12.0 Å². The van der Waals surface area contributed by atoms with Crippen LogP contribution in [0.1, 0.15) is 27.0 Å². The maximum Gasteiger partial charge on any atom is 0.325 e. The normalized spacial score (nSPS) is 15.2. The molecule has 9 heteroatoms. The molecular formula is C26H25N3O5S. The van der Waals surface area contributed by atoms with Gasteiger partial charge in [0.2, 0.25) is 10.0 Å². The molecule has 1 aliphatic heterocycles. The van der Waals surface area contributed by atoms with E-state index in [0.717, 1.165) is 16.7 Å². The summed E-state index contributed by atoms with van der Waals surface area (Å²) in [6.07, 6.45) is 1.56. The lowest BCUT2D eigenvalue weighted by Crippen LogP contribution is -2.45. The summed E-state index contributed by atoms with van der Waals surface area (Å²) in [6, 6.07) is 23.9. The zero-order chi connectivity index (χ0) is 25.1. The maximum atomic E-state index is 13.7. The van der Waals surface area contributed by atoms with Crippen molar-refractivity contribution in [3.63, 3.8) is 0 Å². The molecule has 0 saturated carbocycles. The summed E-state index contributed by atoms with van der Waals surface area (Å²) >= 11 is 0. The molecule has 35 heavy (non-hydrogen) atoms. The molecule has 0 aliphatic carbocycles. The Balaban J connectivity index is 1.53. The number of benzene rings is 3. The number of nitrogens with one attached hydrogen (secondary N) is 2. The number of sulfonamides is 1. The number of imide groups is 1. The topological polar surface area (TPSA) is 113 Å². The summed E-state index contributed by atoms with van der Waals surface area (Å²) in [7, 11) is -3.27. The van der Waals surface area contributed by atoms with Crippen LogP contribution in [0.5, 0.6) is 0 Å². The first-order chi connectivity index (χ1) is 16.7. The Labute approximate surface area is 204 Å². The summed E-state index contributed by atoms with van der Waals surface area (Å²) in [5, 5.41) is 2.83. The minimum atomic E-state index is -3.27. The van der Waals surface area contributed by atoms with Gasteiger partial charge in [-0.3, -0.25) is 14.5 Å². The van der Waals surface area contributed by atoms with Crippen LogP contribution in [0.4, 0.5) is 4.79 Å². The van der Waals surface area contributed by atoms with Gasteiger partial charge in [0.05, 0.1) is 12.8 Å². The zero-order valence-electron chi connectivity index (χ0n) is 19.1. The molecular weight excluding hydrogens is 466 g/mol. The fourth-order valence-electron chi connectivity index (χ4n) is 4.13. The predicted molar refractivity (Wildman–Crippen MR) is 131 cm³/mol. The monoisotopic (exact) mass is 491 g/mol. The Hall–Kier alpha value is -3.82. The lowest BCUT2D eigenvalue weighted by molar-refractivity contribution is -0.129. The van der Waals surface area contributed by atoms with Gasteiger partial charge in [-0.25, -0.2) is 17.9 Å². The Morgan fingerprint density at radius 3 is 1.94 bits per heavy atom. The van der Waals surface area contributed by atoms with Crippen molar-refractivity contribution in [2.24, 2.45) is 0 Å². The second-order valence-electron chi connectivity index (χ2n) is 8.34. The number of Topliss-reactive ketones (excluding diaryl/α,β-unsaturated/α-hetero) is 1. The van der Waals surface area contributed by atoms with Crippen molar-refractivity contribution < 1.29 is 22.8 Å². The van der Waals surface area contributed by atoms with Crippen LogP contribution in [0.25, 0.3) is 0 Å². The molecule has 0 unspecified atom stereocenters. The highest BCUT2D eigenvalue weighted by molar-refractivity contribution is 7.88. The number of ketones is 1. The van der Waals surface area contributed by atoms with E-state index < -0.39 is 34.0 Å². The summed E-state index contributed by atoms with van der Waals surface area (Å²) < 4.78 is 24.8. The second-order valence-corrected chi connectivity index (χ2v) is 10.2. The summed E-state index contributed by atoms with van der Waals surface area (Å²) in [5.41, 5.74) is 0.983. The Bertz CT molecular complexity index is 1300. The van der Waals surface area contributed by atoms with Crippen molar-refractivity contribution in [1.29, 1.82) is 0 Å². The van der Waals surface area contributed by atoms with Crippen LogP contribution in [0.3, 0.4) is 0 Å². The predicted octanol–water partition coefficient (Wildman–Crippen LogP) is 2.46. The van der Waals surface area contributed by atoms with E-state index in [1.807, 2.05) is 12.1 Å². The lowest BCUT2D eigenvalue weighted by Gasteiger charge is -2.28. The minimum absolute atomic E-state index is 0.246. The van der Waals surface area contributed by atoms with Gasteiger partial charge >= 0.3 is 6.03 Å². The first kappa shape index (κ1) is 24.3. The highest BCUT2D eigenvalue weighted by atomic mass is 32.2. The molecule has 2 N–H and O–H groups in total. The van der Waals surface area contributed by atoms with Gasteiger partial charge < -0.3 is 5.32 Å². The van der Waals surface area contributed by atoms with Crippen molar-refractivity contribution in [3.8, 4) is 0 Å². The van der Waals surface area contributed by atoms with Gasteiger partial charge in [-0.15, -0.1) is 0 Å². The minimum Gasteiger partial charge on any atom is -0.315 e. The number of rotatable bonds is 9. The molecule has 3 aromatic rings. The van der Waals surface area contributed by atoms with Gasteiger partial charge in [0.1, 0.15) is 0 Å². The van der Waals surface area contributed by atoms with E-state index in [1.165, 1.54) is 0 Å². The van der Waals surface area contributed by atoms with Crippen LogP contribution < -0.4 is 10.0 Å². The molecule has 0 aromatic heterocycles. The Morgan fingerprint density at radius 2 is 1.43 bits per heavy atom. The number of amides is 3. The van der Waals surface area contributed by atoms with Crippen LogP contribution >= 0.6 is 0 Å². The molecule has 0 spiro atoms. The Morgan fingerprint density at radius 1 is 0.886 bits per heavy atom. The molecule has 1 fully saturated rings. The molecule has 1 heterocycles. The third-order valence-corrected chi connectivity index (χ3v) is 6.60. The van der Waals surface area contributed by atoms with Crippen LogP contribution in [-0.4, -0.2) is 50.4 Å². The fraction of sp³-hybridized carbons (Fsp3) is 0.192. The zero-order valence-corrected chi connectivity index (χ0v) is 19.9. The Kier molecular flexibility index (Phi) is 6.81. The third kappa shape index (κ3) is 5.16. The van der Waals surface area contributed by atoms with Crippen molar-refractivity contribution in [3.05, 3.63) is 107 Å². The summed E-state index contributed by atoms with van der Waals surface area (Å²) in [5.74, 6) is -0.900. The summed E-state index contributed by atoms with van der Waals surface area (Å²) in [4.78, 5) is 40.6. The molecule has 3 amide bonds. The van der Waals surface area contributed by atoms with Crippen molar-refractivity contribution in [1.82, 2.24) is 14.9 Å². The molecule has 180 valence electrons. The molecule has 1 saturated heterocycles. The van der Waals surface area contributed by atoms with E-state index in [4.69, 9.17) is 0 Å². The van der Waals surface area contributed by atoms with E-state index >= 15 is 0 Å². The van der Waals surface area contributed by atoms with E-state index in [9.17, 15) is 22.8 Å². The first-order valence-electron chi connectivity index (χ1n) is 11.0. The molecule has 0 radical (unpaired) electrons. The van der Waals surface area contributed by atoms with Gasteiger partial charge in [0.15, 0.2) is 11.3 Å². The van der Waals surface area contributed by atoms with Gasteiger partial charge in [-0.1, -0.05) is 84.9 Å². The first-order valence-corrected chi connectivity index (χ1v) is 12.9. The summed E-state index contributed by atoms with van der Waals surface area (Å²) in [6.45, 7) is -0.156. The number of hydrogen-bond donors (Lipinski definition) is 2. The molecule has 3 aromatic carbocycles. The number of carbonyl (C=O) groups excluding carboxylic acids is 3. The number of carbonyl (C=O) groups is 3. The van der Waals surface area contributed by atoms with E-state index in [-0.39, 0.29) is 12.3 Å². The molecule has 0 bridgehead atoms. The van der Waals surface area contributed by atoms with Crippen LogP contribution in [0.2, 0.25) is 0 Å². The van der Waals surface area contributed by atoms with Gasteiger partial charge in [0.25, 0.3) is 5.91 Å². The molecule has 4 rings (SSSR count). The quantitative estimate of drug-likeness (QED) is 0.353. The van der Waals surface area contributed by atoms with Crippen molar-refractivity contribution >= 4 is 27.7 Å². The highest BCUT2D eigenvalue weighted by Gasteiger charge is 2.54. The van der Waals surface area contributed by atoms with E-state index in [2.05, 4.69) is 10.0 Å². The van der Waals surface area contributed by atoms with Gasteiger partial charge in [-0.05, 0) is 23.1 Å². The third-order valence-electron chi connectivity index (χ3n) is 5.87. The van der Waals surface area contributed by atoms with Crippen LogP contribution in [0, 0.1) is 0 Å². The fourth-order valence-corrected chi connectivity index (χ4v) is 4.60. The lowest BCUT2D eigenvalue weighted by atomic mass is 9.82. The highest BCUT2D eigenvalue weighted by Crippen LogP contribution is 2.36. The average Bonchev–Trinajstić information content (AvgIpc) is 3.10. The van der Waals surface area contributed by atoms with Crippen molar-refractivity contribution in [2.75, 3.05) is 19.3 Å². The van der Waals surface area contributed by atoms with Gasteiger partial charge in [0, 0.05) is 12.1 Å². The second kappa shape index (κ2) is 9.81. The molecule has 8 nitrogen and oxygen atoms in total. The standard InChI is InChI=1S/C26H25N3O5S/c1-35(33,34)27-17-16-19-12-14-20(15-13-19)23(30)18-29-24(31)26(28-25(29)32,21-8-4-2-5-9-21)22-10-6-3-7-11-22/h2-15,27H,16-18H2,1H3,(H,28,32). The largest absolute Gasteiger partial charge is 0.325 e.